The number of rotatable bonds is 2. The summed E-state index contributed by atoms with van der Waals surface area (Å²) in [4.78, 5) is 12.1. The minimum atomic E-state index is -0.134. The number of morpholine rings is 1. The molecule has 2 aliphatic heterocycles. The van der Waals surface area contributed by atoms with Crippen molar-refractivity contribution in [2.24, 2.45) is 5.92 Å². The van der Waals surface area contributed by atoms with Crippen LogP contribution in [-0.4, -0.2) is 44.3 Å². The molecule has 4 nitrogen and oxygen atoms in total. The topological polar surface area (TPSA) is 47.6 Å². The monoisotopic (exact) mass is 213 g/mol. The van der Waals surface area contributed by atoms with Crippen molar-refractivity contribution in [3.8, 4) is 0 Å². The third-order valence-corrected chi connectivity index (χ3v) is 3.19. The van der Waals surface area contributed by atoms with Gasteiger partial charge in [0.25, 0.3) is 0 Å². The molecule has 3 unspecified atom stereocenters. The van der Waals surface area contributed by atoms with E-state index in [1.165, 1.54) is 0 Å². The highest BCUT2D eigenvalue weighted by Crippen LogP contribution is 2.18. The number of ketones is 1. The third kappa shape index (κ3) is 2.56. The molecule has 86 valence electrons. The molecule has 0 amide bonds. The maximum Gasteiger partial charge on any atom is 0.157 e. The highest BCUT2D eigenvalue weighted by Gasteiger charge is 2.33. The third-order valence-electron chi connectivity index (χ3n) is 3.19. The van der Waals surface area contributed by atoms with E-state index in [4.69, 9.17) is 9.47 Å². The number of hydrogen-bond acceptors (Lipinski definition) is 4. The van der Waals surface area contributed by atoms with Crippen LogP contribution in [-0.2, 0) is 14.3 Å². The summed E-state index contributed by atoms with van der Waals surface area (Å²) >= 11 is 0. The summed E-state index contributed by atoms with van der Waals surface area (Å²) in [6.07, 6.45) is 1.95. The van der Waals surface area contributed by atoms with Gasteiger partial charge in [-0.15, -0.1) is 0 Å². The molecule has 0 saturated carbocycles. The Balaban J connectivity index is 1.92. The number of ether oxygens (including phenoxy) is 2. The fourth-order valence-corrected chi connectivity index (χ4v) is 2.27. The molecule has 0 bridgehead atoms. The Hall–Kier alpha value is -0.450. The van der Waals surface area contributed by atoms with E-state index in [2.05, 4.69) is 5.32 Å². The Labute approximate surface area is 90.3 Å². The Morgan fingerprint density at radius 1 is 1.40 bits per heavy atom. The minimum absolute atomic E-state index is 0.00632. The van der Waals surface area contributed by atoms with Crippen molar-refractivity contribution >= 4 is 5.78 Å². The highest BCUT2D eigenvalue weighted by atomic mass is 16.5. The molecule has 0 aromatic heterocycles. The van der Waals surface area contributed by atoms with Gasteiger partial charge in [0.15, 0.2) is 5.78 Å². The molecule has 2 fully saturated rings. The lowest BCUT2D eigenvalue weighted by atomic mass is 9.90. The first kappa shape index (κ1) is 11.0. The molecular formula is C11H19NO3. The van der Waals surface area contributed by atoms with Gasteiger partial charge in [0, 0.05) is 19.1 Å². The number of Topliss-reactive ketones (excluding diaryl/α,β-unsaturated/α-hetero) is 1. The molecule has 0 aromatic carbocycles. The van der Waals surface area contributed by atoms with Gasteiger partial charge in [0.05, 0.1) is 25.4 Å². The lowest BCUT2D eigenvalue weighted by Crippen LogP contribution is -2.54. The SMILES string of the molecule is CC1OCCNC1C(=O)C1CCCOC1. The molecule has 2 aliphatic rings. The van der Waals surface area contributed by atoms with Crippen LogP contribution in [0.1, 0.15) is 19.8 Å². The first-order chi connectivity index (χ1) is 7.29. The standard InChI is InChI=1S/C11H19NO3/c1-8-10(12-4-6-15-8)11(13)9-3-2-5-14-7-9/h8-10,12H,2-7H2,1H3. The molecule has 2 heterocycles. The molecule has 0 aliphatic carbocycles. The Morgan fingerprint density at radius 2 is 2.27 bits per heavy atom. The van der Waals surface area contributed by atoms with Crippen LogP contribution < -0.4 is 5.32 Å². The van der Waals surface area contributed by atoms with E-state index in [0.29, 0.717) is 13.2 Å². The van der Waals surface area contributed by atoms with Crippen molar-refractivity contribution in [3.05, 3.63) is 0 Å². The van der Waals surface area contributed by atoms with Crippen molar-refractivity contribution < 1.29 is 14.3 Å². The van der Waals surface area contributed by atoms with Crippen LogP contribution in [0, 0.1) is 5.92 Å². The van der Waals surface area contributed by atoms with Crippen molar-refractivity contribution in [2.75, 3.05) is 26.4 Å². The van der Waals surface area contributed by atoms with Crippen LogP contribution in [0.4, 0.5) is 0 Å². The second kappa shape index (κ2) is 5.05. The van der Waals surface area contributed by atoms with E-state index < -0.39 is 0 Å². The lowest BCUT2D eigenvalue weighted by Gasteiger charge is -2.32. The van der Waals surface area contributed by atoms with Crippen molar-refractivity contribution in [3.63, 3.8) is 0 Å². The average Bonchev–Trinajstić information content (AvgIpc) is 2.30. The van der Waals surface area contributed by atoms with Crippen molar-refractivity contribution in [1.29, 1.82) is 0 Å². The summed E-state index contributed by atoms with van der Waals surface area (Å²) in [5.41, 5.74) is 0. The van der Waals surface area contributed by atoms with Crippen LogP contribution in [0.15, 0.2) is 0 Å². The van der Waals surface area contributed by atoms with E-state index >= 15 is 0 Å². The average molecular weight is 213 g/mol. The van der Waals surface area contributed by atoms with Gasteiger partial charge >= 0.3 is 0 Å². The molecule has 0 radical (unpaired) electrons. The van der Waals surface area contributed by atoms with E-state index in [0.717, 1.165) is 26.0 Å². The van der Waals surface area contributed by atoms with Crippen LogP contribution in [0.5, 0.6) is 0 Å². The first-order valence-electron chi connectivity index (χ1n) is 5.75. The second-order valence-electron chi connectivity index (χ2n) is 4.32. The van der Waals surface area contributed by atoms with E-state index in [-0.39, 0.29) is 23.8 Å². The van der Waals surface area contributed by atoms with Crippen LogP contribution in [0.3, 0.4) is 0 Å². The molecule has 2 rings (SSSR count). The smallest absolute Gasteiger partial charge is 0.157 e. The molecular weight excluding hydrogens is 194 g/mol. The first-order valence-corrected chi connectivity index (χ1v) is 5.75. The second-order valence-corrected chi connectivity index (χ2v) is 4.32. The quantitative estimate of drug-likeness (QED) is 0.719. The van der Waals surface area contributed by atoms with Crippen LogP contribution in [0.2, 0.25) is 0 Å². The minimum Gasteiger partial charge on any atom is -0.381 e. The van der Waals surface area contributed by atoms with Gasteiger partial charge in [-0.2, -0.15) is 0 Å². The predicted molar refractivity (Wildman–Crippen MR) is 55.8 cm³/mol. The summed E-state index contributed by atoms with van der Waals surface area (Å²) in [6, 6.07) is -0.134. The molecule has 0 aromatic rings. The summed E-state index contributed by atoms with van der Waals surface area (Å²) in [5, 5.41) is 3.24. The summed E-state index contributed by atoms with van der Waals surface area (Å²) in [6.45, 7) is 4.82. The summed E-state index contributed by atoms with van der Waals surface area (Å²) in [7, 11) is 0. The fraction of sp³-hybridized carbons (Fsp3) is 0.909. The maximum absolute atomic E-state index is 12.1. The van der Waals surface area contributed by atoms with E-state index in [9.17, 15) is 4.79 Å². The summed E-state index contributed by atoms with van der Waals surface area (Å²) < 4.78 is 10.8. The number of hydrogen-bond donors (Lipinski definition) is 1. The zero-order valence-corrected chi connectivity index (χ0v) is 9.20. The molecule has 2 saturated heterocycles. The van der Waals surface area contributed by atoms with Crippen molar-refractivity contribution in [2.45, 2.75) is 31.9 Å². The van der Waals surface area contributed by atoms with Crippen molar-refractivity contribution in [1.82, 2.24) is 5.32 Å². The Bertz CT molecular complexity index is 226. The van der Waals surface area contributed by atoms with E-state index in [1.807, 2.05) is 6.92 Å². The number of carbonyl (C=O) groups excluding carboxylic acids is 1. The van der Waals surface area contributed by atoms with E-state index in [1.54, 1.807) is 0 Å². The highest BCUT2D eigenvalue weighted by molar-refractivity contribution is 5.87. The molecule has 4 heteroatoms. The van der Waals surface area contributed by atoms with Gasteiger partial charge < -0.3 is 14.8 Å². The Kier molecular flexibility index (Phi) is 3.72. The van der Waals surface area contributed by atoms with Crippen LogP contribution in [0.25, 0.3) is 0 Å². The predicted octanol–water partition coefficient (Wildman–Crippen LogP) is 0.359. The zero-order valence-electron chi connectivity index (χ0n) is 9.20. The fourth-order valence-electron chi connectivity index (χ4n) is 2.27. The van der Waals surface area contributed by atoms with Gasteiger partial charge in [-0.3, -0.25) is 4.79 Å². The number of nitrogens with one attached hydrogen (secondary N) is 1. The maximum atomic E-state index is 12.1. The Morgan fingerprint density at radius 3 is 2.93 bits per heavy atom. The lowest BCUT2D eigenvalue weighted by molar-refractivity contribution is -0.134. The molecule has 0 spiro atoms. The van der Waals surface area contributed by atoms with Gasteiger partial charge in [0.1, 0.15) is 0 Å². The molecule has 1 N–H and O–H groups in total. The van der Waals surface area contributed by atoms with Crippen LogP contribution >= 0.6 is 0 Å². The van der Waals surface area contributed by atoms with Gasteiger partial charge in [-0.25, -0.2) is 0 Å². The molecule has 15 heavy (non-hydrogen) atoms. The van der Waals surface area contributed by atoms with Gasteiger partial charge in [-0.05, 0) is 19.8 Å². The largest absolute Gasteiger partial charge is 0.381 e. The normalized spacial score (nSPS) is 37.5. The molecule has 3 atom stereocenters. The zero-order chi connectivity index (χ0) is 10.7. The summed E-state index contributed by atoms with van der Waals surface area (Å²) in [5.74, 6) is 0.335. The number of carbonyl (C=O) groups is 1. The van der Waals surface area contributed by atoms with Gasteiger partial charge in [-0.1, -0.05) is 0 Å². The van der Waals surface area contributed by atoms with Gasteiger partial charge in [0.2, 0.25) is 0 Å².